The van der Waals surface area contributed by atoms with E-state index in [0.29, 0.717) is 11.9 Å². The van der Waals surface area contributed by atoms with Crippen molar-refractivity contribution >= 4 is 34.2 Å². The van der Waals surface area contributed by atoms with E-state index >= 15 is 0 Å². The van der Waals surface area contributed by atoms with E-state index < -0.39 is 0 Å². The Kier molecular flexibility index (Phi) is 3.93. The molecule has 0 unspecified atom stereocenters. The molecule has 2 N–H and O–H groups in total. The third-order valence-electron chi connectivity index (χ3n) is 3.97. The molecule has 2 heterocycles. The topological polar surface area (TPSA) is 70.9 Å². The van der Waals surface area contributed by atoms with Gasteiger partial charge in [0.2, 0.25) is 5.95 Å². The Labute approximate surface area is 145 Å². The van der Waals surface area contributed by atoms with Gasteiger partial charge in [0.15, 0.2) is 5.82 Å². The van der Waals surface area contributed by atoms with E-state index in [4.69, 9.17) is 0 Å². The summed E-state index contributed by atoms with van der Waals surface area (Å²) in [5.74, 6) is 1.97. The molecular weight excluding hydrogens is 312 g/mol. The van der Waals surface area contributed by atoms with Crippen LogP contribution in [0, 0.1) is 5.92 Å². The molecule has 0 bridgehead atoms. The van der Waals surface area contributed by atoms with Crippen molar-refractivity contribution in [3.8, 4) is 0 Å². The Balaban J connectivity index is 1.61. The van der Waals surface area contributed by atoms with Gasteiger partial charge >= 0.3 is 0 Å². The highest BCUT2D eigenvalue weighted by molar-refractivity contribution is 5.85. The highest BCUT2D eigenvalue weighted by atomic mass is 15.4. The van der Waals surface area contributed by atoms with Crippen molar-refractivity contribution in [1.29, 1.82) is 0 Å². The maximum Gasteiger partial charge on any atom is 0.222 e. The molecule has 126 valence electrons. The quantitative estimate of drug-likeness (QED) is 0.428. The zero-order chi connectivity index (χ0) is 17.2. The molecule has 2 aromatic heterocycles. The standard InChI is InChI=1S/C19H20N6/c1-13(2)12-25-17-10-6-5-9-16(17)21-18(25)11-20-24-19-22-14-7-3-4-8-15(14)23-19/h3-11,13H,12H2,1-2H3,(H2,22,23,24)/b20-11+. The Morgan fingerprint density at radius 3 is 2.64 bits per heavy atom. The first-order valence-electron chi connectivity index (χ1n) is 8.40. The zero-order valence-corrected chi connectivity index (χ0v) is 14.3. The molecule has 0 aliphatic carbocycles. The van der Waals surface area contributed by atoms with Crippen molar-refractivity contribution in [3.63, 3.8) is 0 Å². The predicted molar refractivity (Wildman–Crippen MR) is 102 cm³/mol. The first-order chi connectivity index (χ1) is 12.2. The van der Waals surface area contributed by atoms with E-state index in [0.717, 1.165) is 34.4 Å². The van der Waals surface area contributed by atoms with Gasteiger partial charge in [-0.2, -0.15) is 5.10 Å². The lowest BCUT2D eigenvalue weighted by Gasteiger charge is -2.09. The normalized spacial score (nSPS) is 12.0. The number of rotatable bonds is 5. The Hall–Kier alpha value is -3.15. The summed E-state index contributed by atoms with van der Waals surface area (Å²) >= 11 is 0. The summed E-state index contributed by atoms with van der Waals surface area (Å²) in [7, 11) is 0. The summed E-state index contributed by atoms with van der Waals surface area (Å²) in [6.07, 6.45) is 1.75. The molecule has 25 heavy (non-hydrogen) atoms. The Morgan fingerprint density at radius 1 is 1.08 bits per heavy atom. The van der Waals surface area contributed by atoms with Crippen molar-refractivity contribution in [2.24, 2.45) is 11.0 Å². The van der Waals surface area contributed by atoms with Gasteiger partial charge in [0.05, 0.1) is 28.3 Å². The number of imidazole rings is 2. The third-order valence-corrected chi connectivity index (χ3v) is 3.97. The molecule has 6 nitrogen and oxygen atoms in total. The Bertz CT molecular complexity index is 1010. The van der Waals surface area contributed by atoms with Crippen LogP contribution in [0.4, 0.5) is 5.95 Å². The van der Waals surface area contributed by atoms with E-state index in [2.05, 4.69) is 50.0 Å². The molecule has 0 aliphatic heterocycles. The summed E-state index contributed by atoms with van der Waals surface area (Å²) in [5, 5.41) is 4.32. The number of para-hydroxylation sites is 4. The largest absolute Gasteiger partial charge is 0.323 e. The first-order valence-corrected chi connectivity index (χ1v) is 8.40. The van der Waals surface area contributed by atoms with E-state index in [1.807, 2.05) is 42.5 Å². The minimum Gasteiger partial charge on any atom is -0.323 e. The van der Waals surface area contributed by atoms with Crippen LogP contribution >= 0.6 is 0 Å². The van der Waals surface area contributed by atoms with Crippen molar-refractivity contribution in [3.05, 3.63) is 54.4 Å². The van der Waals surface area contributed by atoms with Crippen LogP contribution in [0.1, 0.15) is 19.7 Å². The molecule has 0 radical (unpaired) electrons. The van der Waals surface area contributed by atoms with Gasteiger partial charge in [-0.3, -0.25) is 0 Å². The van der Waals surface area contributed by atoms with Gasteiger partial charge in [0.25, 0.3) is 0 Å². The number of hydrogen-bond donors (Lipinski definition) is 2. The number of benzene rings is 2. The molecule has 0 amide bonds. The van der Waals surface area contributed by atoms with E-state index in [-0.39, 0.29) is 0 Å². The van der Waals surface area contributed by atoms with Crippen molar-refractivity contribution in [2.45, 2.75) is 20.4 Å². The van der Waals surface area contributed by atoms with Gasteiger partial charge < -0.3 is 9.55 Å². The summed E-state index contributed by atoms with van der Waals surface area (Å²) in [6.45, 7) is 5.29. The minimum absolute atomic E-state index is 0.521. The van der Waals surface area contributed by atoms with Crippen LogP contribution in [-0.2, 0) is 6.54 Å². The van der Waals surface area contributed by atoms with Crippen LogP contribution in [0.2, 0.25) is 0 Å². The van der Waals surface area contributed by atoms with Crippen molar-refractivity contribution in [1.82, 2.24) is 19.5 Å². The fourth-order valence-electron chi connectivity index (χ4n) is 2.91. The summed E-state index contributed by atoms with van der Waals surface area (Å²) in [5.41, 5.74) is 6.95. The molecule has 4 aromatic rings. The average Bonchev–Trinajstić information content (AvgIpc) is 3.16. The number of aromatic nitrogens is 4. The number of hydrogen-bond acceptors (Lipinski definition) is 4. The second kappa shape index (κ2) is 6.39. The van der Waals surface area contributed by atoms with E-state index in [1.54, 1.807) is 6.21 Å². The van der Waals surface area contributed by atoms with Gasteiger partial charge in [0, 0.05) is 6.54 Å². The summed E-state index contributed by atoms with van der Waals surface area (Å²) in [4.78, 5) is 12.3. The van der Waals surface area contributed by atoms with Crippen LogP contribution in [0.3, 0.4) is 0 Å². The van der Waals surface area contributed by atoms with Gasteiger partial charge in [-0.1, -0.05) is 38.1 Å². The van der Waals surface area contributed by atoms with Crippen LogP contribution in [0.5, 0.6) is 0 Å². The number of fused-ring (bicyclic) bond motifs is 2. The molecule has 4 rings (SSSR count). The van der Waals surface area contributed by atoms with Crippen LogP contribution in [-0.4, -0.2) is 25.7 Å². The van der Waals surface area contributed by atoms with Crippen LogP contribution in [0.15, 0.2) is 53.6 Å². The lowest BCUT2D eigenvalue weighted by molar-refractivity contribution is 0.531. The molecule has 0 atom stereocenters. The van der Waals surface area contributed by atoms with E-state index in [1.165, 1.54) is 0 Å². The molecule has 0 saturated heterocycles. The van der Waals surface area contributed by atoms with Gasteiger partial charge in [-0.25, -0.2) is 15.4 Å². The molecule has 0 spiro atoms. The number of nitrogens with zero attached hydrogens (tertiary/aromatic N) is 4. The monoisotopic (exact) mass is 332 g/mol. The summed E-state index contributed by atoms with van der Waals surface area (Å²) in [6, 6.07) is 16.0. The number of nitrogens with one attached hydrogen (secondary N) is 2. The van der Waals surface area contributed by atoms with Crippen molar-refractivity contribution < 1.29 is 0 Å². The minimum atomic E-state index is 0.521. The van der Waals surface area contributed by atoms with E-state index in [9.17, 15) is 0 Å². The summed E-state index contributed by atoms with van der Waals surface area (Å²) < 4.78 is 2.20. The lowest BCUT2D eigenvalue weighted by Crippen LogP contribution is -2.08. The molecule has 0 saturated carbocycles. The van der Waals surface area contributed by atoms with Gasteiger partial charge in [0.1, 0.15) is 0 Å². The predicted octanol–water partition coefficient (Wildman–Crippen LogP) is 4.01. The number of aromatic amines is 1. The average molecular weight is 332 g/mol. The first kappa shape index (κ1) is 15.4. The van der Waals surface area contributed by atoms with Crippen LogP contribution < -0.4 is 5.43 Å². The number of anilines is 1. The number of H-pyrrole nitrogens is 1. The lowest BCUT2D eigenvalue weighted by atomic mass is 10.2. The second-order valence-corrected chi connectivity index (χ2v) is 6.44. The maximum atomic E-state index is 4.68. The highest BCUT2D eigenvalue weighted by Crippen LogP contribution is 2.17. The fraction of sp³-hybridized carbons (Fsp3) is 0.211. The maximum absolute atomic E-state index is 4.68. The molecular formula is C19H20N6. The van der Waals surface area contributed by atoms with Crippen molar-refractivity contribution in [2.75, 3.05) is 5.43 Å². The van der Waals surface area contributed by atoms with Crippen LogP contribution in [0.25, 0.3) is 22.1 Å². The van der Waals surface area contributed by atoms with Gasteiger partial charge in [-0.15, -0.1) is 0 Å². The highest BCUT2D eigenvalue weighted by Gasteiger charge is 2.10. The second-order valence-electron chi connectivity index (χ2n) is 6.44. The molecule has 2 aromatic carbocycles. The Morgan fingerprint density at radius 2 is 1.84 bits per heavy atom. The number of hydrazone groups is 1. The smallest absolute Gasteiger partial charge is 0.222 e. The molecule has 6 heteroatoms. The fourth-order valence-corrected chi connectivity index (χ4v) is 2.91. The molecule has 0 fully saturated rings. The van der Waals surface area contributed by atoms with Gasteiger partial charge in [-0.05, 0) is 30.2 Å². The molecule has 0 aliphatic rings. The third kappa shape index (κ3) is 3.10. The zero-order valence-electron chi connectivity index (χ0n) is 14.3. The SMILES string of the molecule is CC(C)Cn1c(/C=N/Nc2nc3ccccc3[nH]2)nc2ccccc21.